The molecule has 1 heterocycles. The first-order valence-electron chi connectivity index (χ1n) is 5.84. The van der Waals surface area contributed by atoms with Crippen molar-refractivity contribution in [3.63, 3.8) is 0 Å². The molecule has 0 radical (unpaired) electrons. The van der Waals surface area contributed by atoms with Crippen LogP contribution in [0.2, 0.25) is 0 Å². The van der Waals surface area contributed by atoms with Crippen LogP contribution < -0.4 is 5.73 Å². The number of rotatable bonds is 2. The van der Waals surface area contributed by atoms with Gasteiger partial charge in [0.1, 0.15) is 0 Å². The fourth-order valence-electron chi connectivity index (χ4n) is 2.10. The smallest absolute Gasteiger partial charge is 0.0704 e. The Morgan fingerprint density at radius 1 is 1.44 bits per heavy atom. The highest BCUT2D eigenvalue weighted by Gasteiger charge is 2.28. The normalized spacial score (nSPS) is 22.3. The van der Waals surface area contributed by atoms with Crippen molar-refractivity contribution >= 4 is 6.21 Å². The summed E-state index contributed by atoms with van der Waals surface area (Å²) >= 11 is 0. The van der Waals surface area contributed by atoms with Crippen molar-refractivity contribution in [3.8, 4) is 0 Å². The molecule has 0 aromatic heterocycles. The molecule has 0 amide bonds. The van der Waals surface area contributed by atoms with Crippen molar-refractivity contribution in [1.29, 1.82) is 0 Å². The van der Waals surface area contributed by atoms with E-state index < -0.39 is 0 Å². The number of allylic oxidation sites excluding steroid dienone is 3. The largest absolute Gasteiger partial charge is 0.401 e. The van der Waals surface area contributed by atoms with Gasteiger partial charge in [-0.1, -0.05) is 33.8 Å². The van der Waals surface area contributed by atoms with Gasteiger partial charge in [0.2, 0.25) is 0 Å². The summed E-state index contributed by atoms with van der Waals surface area (Å²) in [4.78, 5) is 0. The van der Waals surface area contributed by atoms with Crippen LogP contribution in [0, 0.1) is 5.41 Å². The molecule has 1 aliphatic rings. The summed E-state index contributed by atoms with van der Waals surface area (Å²) in [5, 5.41) is 6.50. The monoisotopic (exact) mass is 221 g/mol. The second-order valence-corrected chi connectivity index (χ2v) is 5.25. The Kier molecular flexibility index (Phi) is 3.79. The van der Waals surface area contributed by atoms with Gasteiger partial charge in [0.25, 0.3) is 0 Å². The van der Waals surface area contributed by atoms with Crippen LogP contribution in [0.5, 0.6) is 0 Å². The van der Waals surface area contributed by atoms with Crippen LogP contribution in [0.25, 0.3) is 0 Å². The third-order valence-electron chi connectivity index (χ3n) is 2.66. The van der Waals surface area contributed by atoms with Crippen LogP contribution in [0.3, 0.4) is 0 Å². The molecular formula is C13H23N3. The van der Waals surface area contributed by atoms with Gasteiger partial charge in [-0.2, -0.15) is 5.10 Å². The molecule has 1 unspecified atom stereocenters. The Bertz CT molecular complexity index is 328. The molecule has 2 N–H and O–H groups in total. The molecule has 90 valence electrons. The van der Waals surface area contributed by atoms with Crippen molar-refractivity contribution in [2.45, 2.75) is 47.1 Å². The number of hydrogen-bond acceptors (Lipinski definition) is 3. The van der Waals surface area contributed by atoms with Crippen LogP contribution in [0.1, 0.15) is 41.0 Å². The highest BCUT2D eigenvalue weighted by molar-refractivity contribution is 5.72. The van der Waals surface area contributed by atoms with E-state index in [1.807, 2.05) is 19.2 Å². The van der Waals surface area contributed by atoms with Gasteiger partial charge in [-0.05, 0) is 19.4 Å². The summed E-state index contributed by atoms with van der Waals surface area (Å²) < 4.78 is 0. The molecule has 1 rings (SSSR count). The first-order valence-corrected chi connectivity index (χ1v) is 5.84. The summed E-state index contributed by atoms with van der Waals surface area (Å²) in [5.41, 5.74) is 7.98. The quantitative estimate of drug-likeness (QED) is 0.779. The third-order valence-corrected chi connectivity index (χ3v) is 2.66. The average Bonchev–Trinajstić information content (AvgIpc) is 2.15. The standard InChI is InChI=1S/C13H23N3/c1-6-11-8-7-9-15-16(11)12(10(2)14)13(3,4)5/h7-9,11H,6,14H2,1-5H3/b12-10-. The van der Waals surface area contributed by atoms with Gasteiger partial charge in [0.15, 0.2) is 0 Å². The van der Waals surface area contributed by atoms with Crippen LogP contribution in [0.15, 0.2) is 28.6 Å². The van der Waals surface area contributed by atoms with E-state index in [4.69, 9.17) is 5.73 Å². The number of nitrogens with two attached hydrogens (primary N) is 1. The maximum Gasteiger partial charge on any atom is 0.0704 e. The lowest BCUT2D eigenvalue weighted by Gasteiger charge is -2.37. The van der Waals surface area contributed by atoms with E-state index in [0.717, 1.165) is 17.8 Å². The lowest BCUT2D eigenvalue weighted by atomic mass is 9.89. The molecule has 1 aliphatic heterocycles. The van der Waals surface area contributed by atoms with Gasteiger partial charge in [0.05, 0.1) is 11.7 Å². The molecule has 3 nitrogen and oxygen atoms in total. The van der Waals surface area contributed by atoms with E-state index in [-0.39, 0.29) is 5.41 Å². The summed E-state index contributed by atoms with van der Waals surface area (Å²) in [5.74, 6) is 0. The molecule has 0 aliphatic carbocycles. The van der Waals surface area contributed by atoms with Crippen molar-refractivity contribution in [2.24, 2.45) is 16.3 Å². The van der Waals surface area contributed by atoms with Gasteiger partial charge >= 0.3 is 0 Å². The molecule has 1 atom stereocenters. The summed E-state index contributed by atoms with van der Waals surface area (Å²) in [6.07, 6.45) is 7.01. The average molecular weight is 221 g/mol. The lowest BCUT2D eigenvalue weighted by Crippen LogP contribution is -2.37. The van der Waals surface area contributed by atoms with Gasteiger partial charge in [0, 0.05) is 17.3 Å². The number of nitrogens with zero attached hydrogens (tertiary/aromatic N) is 2. The zero-order chi connectivity index (χ0) is 12.3. The topological polar surface area (TPSA) is 41.6 Å². The maximum absolute atomic E-state index is 6.01. The van der Waals surface area contributed by atoms with Gasteiger partial charge in [-0.15, -0.1) is 0 Å². The molecule has 0 fully saturated rings. The molecule has 0 saturated heterocycles. The Morgan fingerprint density at radius 2 is 2.06 bits per heavy atom. The van der Waals surface area contributed by atoms with E-state index >= 15 is 0 Å². The van der Waals surface area contributed by atoms with Crippen molar-refractivity contribution < 1.29 is 0 Å². The van der Waals surface area contributed by atoms with E-state index in [1.54, 1.807) is 0 Å². The molecule has 0 spiro atoms. The van der Waals surface area contributed by atoms with Crippen LogP contribution in [-0.4, -0.2) is 17.3 Å². The molecular weight excluding hydrogens is 198 g/mol. The predicted molar refractivity (Wildman–Crippen MR) is 69.9 cm³/mol. The van der Waals surface area contributed by atoms with E-state index in [2.05, 4.69) is 43.9 Å². The zero-order valence-electron chi connectivity index (χ0n) is 11.0. The lowest BCUT2D eigenvalue weighted by molar-refractivity contribution is 0.230. The van der Waals surface area contributed by atoms with Crippen molar-refractivity contribution in [2.75, 3.05) is 0 Å². The van der Waals surface area contributed by atoms with Crippen molar-refractivity contribution in [1.82, 2.24) is 5.01 Å². The summed E-state index contributed by atoms with van der Waals surface area (Å²) in [6.45, 7) is 10.6. The van der Waals surface area contributed by atoms with E-state index in [9.17, 15) is 0 Å². The summed E-state index contributed by atoms with van der Waals surface area (Å²) in [6, 6.07) is 0.317. The zero-order valence-corrected chi connectivity index (χ0v) is 11.0. The van der Waals surface area contributed by atoms with Crippen LogP contribution in [0.4, 0.5) is 0 Å². The first-order chi connectivity index (χ1) is 7.38. The highest BCUT2D eigenvalue weighted by atomic mass is 15.5. The highest BCUT2D eigenvalue weighted by Crippen LogP contribution is 2.33. The van der Waals surface area contributed by atoms with Crippen LogP contribution >= 0.6 is 0 Å². The van der Waals surface area contributed by atoms with E-state index in [1.165, 1.54) is 0 Å². The van der Waals surface area contributed by atoms with Gasteiger partial charge in [-0.25, -0.2) is 0 Å². The Labute approximate surface area is 98.7 Å². The Balaban J connectivity index is 3.10. The third kappa shape index (κ3) is 2.65. The van der Waals surface area contributed by atoms with Gasteiger partial charge < -0.3 is 5.73 Å². The fourth-order valence-corrected chi connectivity index (χ4v) is 2.10. The molecule has 0 bridgehead atoms. The minimum absolute atomic E-state index is 0.00870. The summed E-state index contributed by atoms with van der Waals surface area (Å²) in [7, 11) is 0. The SMILES string of the molecule is CCC1C=CC=NN1/C(=C(/C)N)C(C)(C)C. The second kappa shape index (κ2) is 4.73. The van der Waals surface area contributed by atoms with Crippen LogP contribution in [-0.2, 0) is 0 Å². The van der Waals surface area contributed by atoms with Crippen molar-refractivity contribution in [3.05, 3.63) is 23.5 Å². The minimum Gasteiger partial charge on any atom is -0.401 e. The number of hydrazone groups is 1. The van der Waals surface area contributed by atoms with E-state index in [0.29, 0.717) is 6.04 Å². The molecule has 0 aromatic carbocycles. The number of hydrogen-bond donors (Lipinski definition) is 1. The Morgan fingerprint density at radius 3 is 2.50 bits per heavy atom. The fraction of sp³-hybridized carbons (Fsp3) is 0.615. The molecule has 0 aromatic rings. The minimum atomic E-state index is 0.00870. The molecule has 3 heteroatoms. The Hall–Kier alpha value is -1.25. The predicted octanol–water partition coefficient (Wildman–Crippen LogP) is 2.86. The second-order valence-electron chi connectivity index (χ2n) is 5.25. The molecule has 0 saturated carbocycles. The first kappa shape index (κ1) is 12.8. The maximum atomic E-state index is 6.01. The van der Waals surface area contributed by atoms with Gasteiger partial charge in [-0.3, -0.25) is 5.01 Å². The molecule has 16 heavy (non-hydrogen) atoms.